The first-order chi connectivity index (χ1) is 11.9. The van der Waals surface area contributed by atoms with Crippen molar-refractivity contribution in [1.82, 2.24) is 4.72 Å². The van der Waals surface area contributed by atoms with Gasteiger partial charge in [-0.05, 0) is 42.7 Å². The van der Waals surface area contributed by atoms with Crippen LogP contribution in [0.15, 0.2) is 48.5 Å². The molecule has 0 spiro atoms. The van der Waals surface area contributed by atoms with E-state index < -0.39 is 27.4 Å². The molecule has 1 aliphatic rings. The minimum Gasteiger partial charge on any atom is -0.367 e. The van der Waals surface area contributed by atoms with Crippen LogP contribution in [0, 0.1) is 11.6 Å². The van der Waals surface area contributed by atoms with Gasteiger partial charge < -0.3 is 4.90 Å². The number of benzene rings is 2. The number of nitrogens with zero attached hydrogens (tertiary/aromatic N) is 1. The summed E-state index contributed by atoms with van der Waals surface area (Å²) in [7, 11) is -3.67. The molecule has 1 N–H and O–H groups in total. The van der Waals surface area contributed by atoms with Crippen LogP contribution in [0.1, 0.15) is 18.4 Å². The quantitative estimate of drug-likeness (QED) is 0.855. The van der Waals surface area contributed by atoms with Crippen LogP contribution < -0.4 is 9.62 Å². The van der Waals surface area contributed by atoms with Gasteiger partial charge in [-0.25, -0.2) is 21.9 Å². The molecule has 0 saturated carbocycles. The second-order valence-electron chi connectivity index (χ2n) is 6.21. The van der Waals surface area contributed by atoms with E-state index >= 15 is 0 Å². The van der Waals surface area contributed by atoms with Crippen LogP contribution in [0.4, 0.5) is 14.5 Å². The molecule has 4 nitrogen and oxygen atoms in total. The maximum Gasteiger partial charge on any atom is 0.215 e. The van der Waals surface area contributed by atoms with Gasteiger partial charge in [0.15, 0.2) is 0 Å². The molecular formula is C18H20F2N2O2S. The Morgan fingerprint density at radius 2 is 1.76 bits per heavy atom. The van der Waals surface area contributed by atoms with Crippen molar-refractivity contribution in [3.05, 3.63) is 65.7 Å². The lowest BCUT2D eigenvalue weighted by Crippen LogP contribution is -2.40. The summed E-state index contributed by atoms with van der Waals surface area (Å²) in [6.45, 7) is 1.15. The predicted octanol–water partition coefficient (Wildman–Crippen LogP) is 3.05. The Kier molecular flexibility index (Phi) is 5.34. The summed E-state index contributed by atoms with van der Waals surface area (Å²) in [4.78, 5) is 2.18. The third-order valence-electron chi connectivity index (χ3n) is 4.28. The monoisotopic (exact) mass is 366 g/mol. The van der Waals surface area contributed by atoms with E-state index in [0.717, 1.165) is 43.3 Å². The van der Waals surface area contributed by atoms with Gasteiger partial charge in [0.25, 0.3) is 0 Å². The number of anilines is 1. The summed E-state index contributed by atoms with van der Waals surface area (Å²) < 4.78 is 53.5. The lowest BCUT2D eigenvalue weighted by atomic mass is 10.2. The zero-order chi connectivity index (χ0) is 17.9. The first-order valence-corrected chi connectivity index (χ1v) is 9.82. The third kappa shape index (κ3) is 4.76. The van der Waals surface area contributed by atoms with Crippen molar-refractivity contribution >= 4 is 15.7 Å². The molecule has 1 aliphatic heterocycles. The van der Waals surface area contributed by atoms with Crippen LogP contribution in [-0.4, -0.2) is 27.5 Å². The molecule has 0 bridgehead atoms. The Hall–Kier alpha value is -1.99. The molecule has 3 rings (SSSR count). The van der Waals surface area contributed by atoms with Crippen molar-refractivity contribution in [2.45, 2.75) is 24.6 Å². The molecule has 1 heterocycles. The van der Waals surface area contributed by atoms with Gasteiger partial charge >= 0.3 is 0 Å². The minimum atomic E-state index is -3.67. The van der Waals surface area contributed by atoms with Gasteiger partial charge in [-0.3, -0.25) is 0 Å². The van der Waals surface area contributed by atoms with E-state index in [1.807, 2.05) is 30.3 Å². The summed E-state index contributed by atoms with van der Waals surface area (Å²) in [5, 5.41) is 0. The van der Waals surface area contributed by atoms with Gasteiger partial charge in [0, 0.05) is 30.9 Å². The first kappa shape index (κ1) is 17.8. The van der Waals surface area contributed by atoms with Gasteiger partial charge in [0.1, 0.15) is 11.6 Å². The van der Waals surface area contributed by atoms with E-state index in [9.17, 15) is 17.2 Å². The van der Waals surface area contributed by atoms with Crippen molar-refractivity contribution in [1.29, 1.82) is 0 Å². The fraction of sp³-hybridized carbons (Fsp3) is 0.333. The van der Waals surface area contributed by atoms with Crippen molar-refractivity contribution in [3.63, 3.8) is 0 Å². The van der Waals surface area contributed by atoms with Crippen LogP contribution in [-0.2, 0) is 15.8 Å². The number of halogens is 2. The summed E-state index contributed by atoms with van der Waals surface area (Å²) in [6.07, 6.45) is 1.89. The molecular weight excluding hydrogens is 346 g/mol. The van der Waals surface area contributed by atoms with E-state index in [0.29, 0.717) is 0 Å². The highest BCUT2D eigenvalue weighted by molar-refractivity contribution is 7.88. The Morgan fingerprint density at radius 1 is 1.08 bits per heavy atom. The molecule has 134 valence electrons. The van der Waals surface area contributed by atoms with Crippen LogP contribution in [0.3, 0.4) is 0 Å². The Balaban J connectivity index is 1.63. The molecule has 0 aromatic heterocycles. The van der Waals surface area contributed by atoms with Crippen molar-refractivity contribution in [3.8, 4) is 0 Å². The Labute approximate surface area is 146 Å². The van der Waals surface area contributed by atoms with Crippen molar-refractivity contribution in [2.75, 3.05) is 18.0 Å². The molecule has 0 radical (unpaired) electrons. The molecule has 0 aliphatic carbocycles. The third-order valence-corrected chi connectivity index (χ3v) is 5.60. The molecule has 7 heteroatoms. The second-order valence-corrected chi connectivity index (χ2v) is 8.02. The topological polar surface area (TPSA) is 49.4 Å². The van der Waals surface area contributed by atoms with Gasteiger partial charge in [-0.2, -0.15) is 0 Å². The average Bonchev–Trinajstić information content (AvgIpc) is 3.01. The maximum absolute atomic E-state index is 13.2. The number of hydrogen-bond acceptors (Lipinski definition) is 3. The predicted molar refractivity (Wildman–Crippen MR) is 93.8 cm³/mol. The average molecular weight is 366 g/mol. The van der Waals surface area contributed by atoms with E-state index in [1.54, 1.807) is 0 Å². The summed E-state index contributed by atoms with van der Waals surface area (Å²) >= 11 is 0. The number of para-hydroxylation sites is 1. The highest BCUT2D eigenvalue weighted by atomic mass is 32.2. The lowest BCUT2D eigenvalue weighted by molar-refractivity contribution is 0.564. The zero-order valence-corrected chi connectivity index (χ0v) is 14.5. The summed E-state index contributed by atoms with van der Waals surface area (Å²) in [6, 6.07) is 12.7. The largest absolute Gasteiger partial charge is 0.367 e. The number of sulfonamides is 1. The Morgan fingerprint density at radius 3 is 2.44 bits per heavy atom. The van der Waals surface area contributed by atoms with Crippen LogP contribution >= 0.6 is 0 Å². The molecule has 2 aromatic carbocycles. The van der Waals surface area contributed by atoms with E-state index in [4.69, 9.17) is 0 Å². The van der Waals surface area contributed by atoms with E-state index in [1.165, 1.54) is 0 Å². The van der Waals surface area contributed by atoms with Gasteiger partial charge in [-0.1, -0.05) is 18.2 Å². The van der Waals surface area contributed by atoms with Crippen LogP contribution in [0.5, 0.6) is 0 Å². The molecule has 1 unspecified atom stereocenters. The molecule has 0 amide bonds. The van der Waals surface area contributed by atoms with E-state index in [2.05, 4.69) is 9.62 Å². The van der Waals surface area contributed by atoms with Crippen LogP contribution in [0.2, 0.25) is 0 Å². The minimum absolute atomic E-state index is 0.0708. The fourth-order valence-corrected chi connectivity index (χ4v) is 4.35. The number of hydrogen-bond donors (Lipinski definition) is 1. The maximum atomic E-state index is 13.2. The molecule has 1 atom stereocenters. The highest BCUT2D eigenvalue weighted by Gasteiger charge is 2.26. The van der Waals surface area contributed by atoms with Gasteiger partial charge in [0.05, 0.1) is 5.75 Å². The van der Waals surface area contributed by atoms with Crippen LogP contribution in [0.25, 0.3) is 0 Å². The first-order valence-electron chi connectivity index (χ1n) is 8.17. The Bertz CT molecular complexity index is 808. The van der Waals surface area contributed by atoms with Crippen molar-refractivity contribution < 1.29 is 17.2 Å². The number of nitrogens with one attached hydrogen (secondary N) is 1. The fourth-order valence-electron chi connectivity index (χ4n) is 3.20. The van der Waals surface area contributed by atoms with E-state index in [-0.39, 0.29) is 18.2 Å². The zero-order valence-electron chi connectivity index (χ0n) is 13.7. The van der Waals surface area contributed by atoms with Gasteiger partial charge in [0.2, 0.25) is 10.0 Å². The number of rotatable bonds is 6. The highest BCUT2D eigenvalue weighted by Crippen LogP contribution is 2.25. The second kappa shape index (κ2) is 7.49. The summed E-state index contributed by atoms with van der Waals surface area (Å²) in [5.74, 6) is -2.01. The summed E-state index contributed by atoms with van der Waals surface area (Å²) in [5.41, 5.74) is 1.16. The molecule has 2 aromatic rings. The lowest BCUT2D eigenvalue weighted by Gasteiger charge is -2.27. The standard InChI is InChI=1S/C18H20F2N2O2S/c19-15-9-14(10-16(20)11-15)13-25(23,24)21-12-18-7-4-8-22(18)17-5-2-1-3-6-17/h1-3,5-6,9-11,18,21H,4,7-8,12-13H2. The van der Waals surface area contributed by atoms with Crippen molar-refractivity contribution in [2.24, 2.45) is 0 Å². The SMILES string of the molecule is O=S(=O)(Cc1cc(F)cc(F)c1)NCC1CCCN1c1ccccc1. The molecule has 1 saturated heterocycles. The van der Waals surface area contributed by atoms with Gasteiger partial charge in [-0.15, -0.1) is 0 Å². The normalized spacial score (nSPS) is 17.8. The molecule has 1 fully saturated rings. The smallest absolute Gasteiger partial charge is 0.215 e. The molecule has 25 heavy (non-hydrogen) atoms.